The van der Waals surface area contributed by atoms with Gasteiger partial charge in [-0.2, -0.15) is 13.2 Å². The number of piperidine rings is 1. The van der Waals surface area contributed by atoms with Crippen LogP contribution in [-0.2, 0) is 12.7 Å². The largest absolute Gasteiger partial charge is 0.451 e. The summed E-state index contributed by atoms with van der Waals surface area (Å²) >= 11 is 6.42. The lowest BCUT2D eigenvalue weighted by atomic mass is 10.0. The molecule has 42 heavy (non-hydrogen) atoms. The van der Waals surface area contributed by atoms with E-state index in [1.54, 1.807) is 35.4 Å². The van der Waals surface area contributed by atoms with Crippen LogP contribution in [0.15, 0.2) is 61.1 Å². The lowest BCUT2D eigenvalue weighted by Gasteiger charge is -2.37. The Kier molecular flexibility index (Phi) is 8.50. The van der Waals surface area contributed by atoms with Gasteiger partial charge in [-0.25, -0.2) is 23.7 Å². The van der Waals surface area contributed by atoms with Gasteiger partial charge >= 0.3 is 6.18 Å². The molecule has 14 heteroatoms. The Morgan fingerprint density at radius 2 is 1.76 bits per heavy atom. The van der Waals surface area contributed by atoms with Crippen LogP contribution in [0.2, 0.25) is 5.02 Å². The number of hydrogen-bond donors (Lipinski definition) is 2. The first kappa shape index (κ1) is 29.5. The summed E-state index contributed by atoms with van der Waals surface area (Å²) in [5.41, 5.74) is 1.73. The van der Waals surface area contributed by atoms with Crippen molar-refractivity contribution in [1.29, 1.82) is 0 Å². The van der Waals surface area contributed by atoms with Crippen LogP contribution in [0, 0.1) is 0 Å². The molecule has 1 aliphatic rings. The lowest BCUT2D eigenvalue weighted by molar-refractivity contribution is -0.145. The molecule has 1 aliphatic heterocycles. The van der Waals surface area contributed by atoms with Gasteiger partial charge in [-0.05, 0) is 36.4 Å². The molecule has 1 unspecified atom stereocenters. The predicted molar refractivity (Wildman–Crippen MR) is 146 cm³/mol. The van der Waals surface area contributed by atoms with Crippen molar-refractivity contribution < 1.29 is 26.7 Å². The first-order valence-corrected chi connectivity index (χ1v) is 13.4. The van der Waals surface area contributed by atoms with Gasteiger partial charge in [0.1, 0.15) is 5.82 Å². The number of anilines is 1. The third-order valence-electron chi connectivity index (χ3n) is 6.96. The SMILES string of the molecule is O=C(NCC(c1cnc(C(F)(F)F)nc1)N1CCC(F)(F)CC1)c1c(Cl)ccc2nc(NCc3ccccn3)ccc12. The number of benzene rings is 1. The van der Waals surface area contributed by atoms with Crippen LogP contribution in [0.4, 0.5) is 27.8 Å². The van der Waals surface area contributed by atoms with Gasteiger partial charge in [-0.3, -0.25) is 14.7 Å². The van der Waals surface area contributed by atoms with Crippen LogP contribution >= 0.6 is 11.6 Å². The highest BCUT2D eigenvalue weighted by Gasteiger charge is 2.38. The second-order valence-corrected chi connectivity index (χ2v) is 10.2. The van der Waals surface area contributed by atoms with Crippen molar-refractivity contribution in [2.45, 2.75) is 37.5 Å². The molecular formula is C28H25ClF5N7O. The maximum absolute atomic E-state index is 13.8. The number of rotatable bonds is 8. The van der Waals surface area contributed by atoms with Crippen LogP contribution in [0.1, 0.15) is 46.3 Å². The molecule has 5 rings (SSSR count). The summed E-state index contributed by atoms with van der Waals surface area (Å²) in [6.07, 6.45) is -1.87. The minimum atomic E-state index is -4.73. The number of fused-ring (bicyclic) bond motifs is 1. The van der Waals surface area contributed by atoms with E-state index in [4.69, 9.17) is 11.6 Å². The fourth-order valence-electron chi connectivity index (χ4n) is 4.75. The monoisotopic (exact) mass is 605 g/mol. The maximum atomic E-state index is 13.8. The summed E-state index contributed by atoms with van der Waals surface area (Å²) in [6.45, 7) is 0.282. The standard InChI is InChI=1S/C28H25ClF5N7O/c29-20-5-6-21-19(4-7-23(40-21)36-15-18-3-1-2-10-35-18)24(20)25(42)37-16-22(41-11-8-27(30,31)9-12-41)17-13-38-26(39-14-17)28(32,33)34/h1-7,10,13-14,22H,8-9,11-12,15-16H2,(H,36,40)(H,37,42). The Morgan fingerprint density at radius 3 is 2.43 bits per heavy atom. The third kappa shape index (κ3) is 6.90. The molecular weight excluding hydrogens is 581 g/mol. The second kappa shape index (κ2) is 12.1. The number of carbonyl (C=O) groups is 1. The van der Waals surface area contributed by atoms with Gasteiger partial charge in [0.05, 0.1) is 34.4 Å². The van der Waals surface area contributed by atoms with Crippen LogP contribution < -0.4 is 10.6 Å². The summed E-state index contributed by atoms with van der Waals surface area (Å²) in [5.74, 6) is -4.15. The van der Waals surface area contributed by atoms with E-state index in [2.05, 4.69) is 30.6 Å². The minimum absolute atomic E-state index is 0.0260. The predicted octanol–water partition coefficient (Wildman–Crippen LogP) is 5.91. The number of carbonyl (C=O) groups excluding carboxylic acids is 1. The van der Waals surface area contributed by atoms with Crippen molar-refractivity contribution in [2.75, 3.05) is 25.0 Å². The summed E-state index contributed by atoms with van der Waals surface area (Å²) < 4.78 is 66.7. The van der Waals surface area contributed by atoms with E-state index in [1.165, 1.54) is 0 Å². The topological polar surface area (TPSA) is 95.9 Å². The second-order valence-electron chi connectivity index (χ2n) is 9.82. The van der Waals surface area contributed by atoms with Gasteiger partial charge in [-0.15, -0.1) is 0 Å². The zero-order chi connectivity index (χ0) is 29.9. The molecule has 0 radical (unpaired) electrons. The van der Waals surface area contributed by atoms with Gasteiger partial charge in [0.2, 0.25) is 5.82 Å². The van der Waals surface area contributed by atoms with Crippen LogP contribution in [0.3, 0.4) is 0 Å². The molecule has 4 aromatic rings. The first-order chi connectivity index (χ1) is 20.0. The van der Waals surface area contributed by atoms with Crippen molar-refractivity contribution in [3.8, 4) is 0 Å². The number of aromatic nitrogens is 4. The number of alkyl halides is 5. The summed E-state index contributed by atoms with van der Waals surface area (Å²) in [6, 6.07) is 11.4. The molecule has 0 bridgehead atoms. The molecule has 1 saturated heterocycles. The van der Waals surface area contributed by atoms with E-state index in [0.717, 1.165) is 18.1 Å². The highest BCUT2D eigenvalue weighted by Crippen LogP contribution is 2.33. The van der Waals surface area contributed by atoms with Crippen LogP contribution in [0.5, 0.6) is 0 Å². The molecule has 4 heterocycles. The molecule has 1 amide bonds. The highest BCUT2D eigenvalue weighted by molar-refractivity contribution is 6.35. The Balaban J connectivity index is 1.35. The van der Waals surface area contributed by atoms with Crippen LogP contribution in [-0.4, -0.2) is 56.3 Å². The van der Waals surface area contributed by atoms with Gasteiger partial charge in [-0.1, -0.05) is 17.7 Å². The molecule has 0 spiro atoms. The summed E-state index contributed by atoms with van der Waals surface area (Å²) in [7, 11) is 0. The van der Waals surface area contributed by atoms with Gasteiger partial charge in [0.15, 0.2) is 0 Å². The third-order valence-corrected chi connectivity index (χ3v) is 7.28. The summed E-state index contributed by atoms with van der Waals surface area (Å²) in [5, 5.41) is 6.61. The van der Waals surface area contributed by atoms with Crippen molar-refractivity contribution in [3.63, 3.8) is 0 Å². The zero-order valence-electron chi connectivity index (χ0n) is 22.0. The van der Waals surface area contributed by atoms with Crippen molar-refractivity contribution in [2.24, 2.45) is 0 Å². The Labute approximate surface area is 242 Å². The van der Waals surface area contributed by atoms with Gasteiger partial charge < -0.3 is 10.6 Å². The van der Waals surface area contributed by atoms with Gasteiger partial charge in [0, 0.05) is 62.0 Å². The first-order valence-electron chi connectivity index (χ1n) is 13.0. The number of amides is 1. The molecule has 1 aromatic carbocycles. The van der Waals surface area contributed by atoms with E-state index >= 15 is 0 Å². The Hall–Kier alpha value is -3.97. The molecule has 1 atom stereocenters. The van der Waals surface area contributed by atoms with E-state index in [-0.39, 0.29) is 35.8 Å². The van der Waals surface area contributed by atoms with E-state index < -0.39 is 42.7 Å². The van der Waals surface area contributed by atoms with Crippen molar-refractivity contribution in [1.82, 2.24) is 30.2 Å². The average Bonchev–Trinajstić information content (AvgIpc) is 2.97. The smallest absolute Gasteiger partial charge is 0.364 e. The maximum Gasteiger partial charge on any atom is 0.451 e. The zero-order valence-corrected chi connectivity index (χ0v) is 22.8. The average molecular weight is 606 g/mol. The Bertz CT molecular complexity index is 1540. The number of likely N-dealkylation sites (tertiary alicyclic amines) is 1. The fourth-order valence-corrected chi connectivity index (χ4v) is 5.00. The molecule has 0 saturated carbocycles. The normalized spacial score (nSPS) is 16.2. The van der Waals surface area contributed by atoms with Crippen molar-refractivity contribution >= 4 is 34.2 Å². The summed E-state index contributed by atoms with van der Waals surface area (Å²) in [4.78, 5) is 30.7. The number of pyridine rings is 2. The van der Waals surface area contributed by atoms with E-state index in [0.29, 0.717) is 23.3 Å². The number of nitrogens with zero attached hydrogens (tertiary/aromatic N) is 5. The number of hydrogen-bond acceptors (Lipinski definition) is 7. The number of halogens is 6. The molecule has 2 N–H and O–H groups in total. The molecule has 8 nitrogen and oxygen atoms in total. The molecule has 3 aromatic heterocycles. The minimum Gasteiger partial charge on any atom is -0.364 e. The Morgan fingerprint density at radius 1 is 1.02 bits per heavy atom. The quantitative estimate of drug-likeness (QED) is 0.241. The van der Waals surface area contributed by atoms with Crippen LogP contribution in [0.25, 0.3) is 10.9 Å². The molecule has 220 valence electrons. The molecule has 1 fully saturated rings. The van der Waals surface area contributed by atoms with Crippen molar-refractivity contribution in [3.05, 3.63) is 88.7 Å². The molecule has 0 aliphatic carbocycles. The fraction of sp³-hybridized carbons (Fsp3) is 0.321. The lowest BCUT2D eigenvalue weighted by Crippen LogP contribution is -2.45. The van der Waals surface area contributed by atoms with E-state index in [9.17, 15) is 26.7 Å². The number of nitrogens with one attached hydrogen (secondary N) is 2. The van der Waals surface area contributed by atoms with Gasteiger partial charge in [0.25, 0.3) is 11.8 Å². The highest BCUT2D eigenvalue weighted by atomic mass is 35.5. The van der Waals surface area contributed by atoms with E-state index in [1.807, 2.05) is 18.2 Å².